The first-order chi connectivity index (χ1) is 9.38. The van der Waals surface area contributed by atoms with E-state index in [4.69, 9.17) is 10.2 Å². The number of carbonyl (C=O) groups is 3. The number of rotatable bonds is 7. The predicted octanol–water partition coefficient (Wildman–Crippen LogP) is -0.505. The number of aliphatic carboxylic acids is 2. The number of nitrogens with one attached hydrogen (secondary N) is 2. The zero-order valence-electron chi connectivity index (χ0n) is 10.6. The van der Waals surface area contributed by atoms with Gasteiger partial charge in [-0.2, -0.15) is 4.98 Å². The lowest BCUT2D eigenvalue weighted by Gasteiger charge is -2.13. The lowest BCUT2D eigenvalue weighted by atomic mass is 10.1. The van der Waals surface area contributed by atoms with E-state index in [9.17, 15) is 14.4 Å². The molecule has 1 rings (SSSR count). The van der Waals surface area contributed by atoms with Crippen LogP contribution in [0.4, 0.5) is 4.79 Å². The Kier molecular flexibility index (Phi) is 5.44. The van der Waals surface area contributed by atoms with E-state index >= 15 is 0 Å². The topological polar surface area (TPSA) is 155 Å². The molecule has 1 aromatic heterocycles. The van der Waals surface area contributed by atoms with Gasteiger partial charge in [0.25, 0.3) is 0 Å². The number of hydrogen-bond acceptors (Lipinski definition) is 6. The Morgan fingerprint density at radius 1 is 1.35 bits per heavy atom. The van der Waals surface area contributed by atoms with Crippen molar-refractivity contribution in [3.8, 4) is 0 Å². The fourth-order valence-corrected chi connectivity index (χ4v) is 1.31. The van der Waals surface area contributed by atoms with Gasteiger partial charge in [0.2, 0.25) is 5.89 Å². The van der Waals surface area contributed by atoms with Crippen LogP contribution in [0.3, 0.4) is 0 Å². The molecule has 110 valence electrons. The standard InChI is InChI=1S/C10H14N4O6/c1-5-12-7(14-20-5)4-11-10(19)13-6(9(17)18)2-3-8(15)16/h6H,2-4H2,1H3,(H,15,16)(H,17,18)(H2,11,13,19)/t6-/m0/s1. The van der Waals surface area contributed by atoms with Crippen molar-refractivity contribution in [3.05, 3.63) is 11.7 Å². The molecule has 10 nitrogen and oxygen atoms in total. The molecule has 2 amide bonds. The molecule has 1 aromatic rings. The lowest BCUT2D eigenvalue weighted by molar-refractivity contribution is -0.140. The van der Waals surface area contributed by atoms with E-state index in [1.807, 2.05) is 0 Å². The molecule has 0 aliphatic rings. The van der Waals surface area contributed by atoms with Gasteiger partial charge in [-0.05, 0) is 6.42 Å². The van der Waals surface area contributed by atoms with E-state index in [1.165, 1.54) is 0 Å². The van der Waals surface area contributed by atoms with Gasteiger partial charge in [-0.15, -0.1) is 0 Å². The van der Waals surface area contributed by atoms with Crippen LogP contribution >= 0.6 is 0 Å². The summed E-state index contributed by atoms with van der Waals surface area (Å²) in [5.41, 5.74) is 0. The van der Waals surface area contributed by atoms with Gasteiger partial charge in [0.1, 0.15) is 6.04 Å². The van der Waals surface area contributed by atoms with Gasteiger partial charge < -0.3 is 25.4 Å². The SMILES string of the molecule is Cc1nc(CNC(=O)N[C@@H](CCC(=O)O)C(=O)O)no1. The Balaban J connectivity index is 2.41. The van der Waals surface area contributed by atoms with Crippen LogP contribution in [0.25, 0.3) is 0 Å². The first kappa shape index (κ1) is 15.4. The van der Waals surface area contributed by atoms with Gasteiger partial charge in [-0.1, -0.05) is 5.16 Å². The number of nitrogens with zero attached hydrogens (tertiary/aromatic N) is 2. The largest absolute Gasteiger partial charge is 0.481 e. The molecule has 10 heteroatoms. The average Bonchev–Trinajstić information content (AvgIpc) is 2.77. The van der Waals surface area contributed by atoms with Crippen LogP contribution in [0.1, 0.15) is 24.6 Å². The van der Waals surface area contributed by atoms with Gasteiger partial charge >= 0.3 is 18.0 Å². The van der Waals surface area contributed by atoms with Crippen molar-refractivity contribution in [1.82, 2.24) is 20.8 Å². The van der Waals surface area contributed by atoms with E-state index in [0.717, 1.165) is 0 Å². The van der Waals surface area contributed by atoms with Crippen molar-refractivity contribution in [2.24, 2.45) is 0 Å². The first-order valence-corrected chi connectivity index (χ1v) is 5.66. The van der Waals surface area contributed by atoms with Gasteiger partial charge in [-0.3, -0.25) is 4.79 Å². The number of carbonyl (C=O) groups excluding carboxylic acids is 1. The van der Waals surface area contributed by atoms with Crippen LogP contribution in [0.15, 0.2) is 4.52 Å². The minimum Gasteiger partial charge on any atom is -0.481 e. The summed E-state index contributed by atoms with van der Waals surface area (Å²) in [7, 11) is 0. The van der Waals surface area contributed by atoms with E-state index in [0.29, 0.717) is 5.89 Å². The van der Waals surface area contributed by atoms with E-state index in [1.54, 1.807) is 6.92 Å². The molecule has 0 aromatic carbocycles. The number of aryl methyl sites for hydroxylation is 1. The highest BCUT2D eigenvalue weighted by atomic mass is 16.5. The highest BCUT2D eigenvalue weighted by molar-refractivity contribution is 5.82. The predicted molar refractivity (Wildman–Crippen MR) is 62.7 cm³/mol. The van der Waals surface area contributed by atoms with Crippen molar-refractivity contribution in [3.63, 3.8) is 0 Å². The quantitative estimate of drug-likeness (QED) is 0.522. The smallest absolute Gasteiger partial charge is 0.326 e. The summed E-state index contributed by atoms with van der Waals surface area (Å²) in [4.78, 5) is 36.5. The molecule has 0 fully saturated rings. The van der Waals surface area contributed by atoms with Crippen LogP contribution in [0, 0.1) is 6.92 Å². The Bertz CT molecular complexity index is 500. The summed E-state index contributed by atoms with van der Waals surface area (Å²) in [6, 6.07) is -2.04. The second-order valence-electron chi connectivity index (χ2n) is 3.88. The molecule has 0 bridgehead atoms. The maximum atomic E-state index is 11.5. The molecular formula is C10H14N4O6. The zero-order valence-corrected chi connectivity index (χ0v) is 10.6. The van der Waals surface area contributed by atoms with Crippen LogP contribution in [0.5, 0.6) is 0 Å². The van der Waals surface area contributed by atoms with Crippen molar-refractivity contribution >= 4 is 18.0 Å². The summed E-state index contributed by atoms with van der Waals surface area (Å²) in [6.07, 6.45) is -0.569. The minimum absolute atomic E-state index is 0.0333. The number of hydrogen-bond donors (Lipinski definition) is 4. The van der Waals surface area contributed by atoms with Gasteiger partial charge in [0, 0.05) is 13.3 Å². The van der Waals surface area contributed by atoms with Crippen molar-refractivity contribution in [2.45, 2.75) is 32.4 Å². The zero-order chi connectivity index (χ0) is 15.1. The summed E-state index contributed by atoms with van der Waals surface area (Å²) in [6.45, 7) is 1.55. The molecule has 0 saturated heterocycles. The van der Waals surface area contributed by atoms with E-state index < -0.39 is 24.0 Å². The van der Waals surface area contributed by atoms with Crippen LogP contribution in [-0.4, -0.2) is 44.4 Å². The molecule has 20 heavy (non-hydrogen) atoms. The summed E-state index contributed by atoms with van der Waals surface area (Å²) < 4.78 is 4.69. The normalized spacial score (nSPS) is 11.7. The van der Waals surface area contributed by atoms with Gasteiger partial charge in [-0.25, -0.2) is 9.59 Å². The average molecular weight is 286 g/mol. The third-order valence-electron chi connectivity index (χ3n) is 2.23. The van der Waals surface area contributed by atoms with Crippen LogP contribution in [0.2, 0.25) is 0 Å². The molecule has 0 aliphatic heterocycles. The van der Waals surface area contributed by atoms with Crippen LogP contribution in [-0.2, 0) is 16.1 Å². The lowest BCUT2D eigenvalue weighted by Crippen LogP contribution is -2.46. The van der Waals surface area contributed by atoms with Crippen molar-refractivity contribution in [2.75, 3.05) is 0 Å². The third kappa shape index (κ3) is 5.33. The van der Waals surface area contributed by atoms with Crippen molar-refractivity contribution in [1.29, 1.82) is 0 Å². The van der Waals surface area contributed by atoms with Gasteiger partial charge in [0.15, 0.2) is 5.82 Å². The summed E-state index contributed by atoms with van der Waals surface area (Å²) in [5.74, 6) is -1.86. The fourth-order valence-electron chi connectivity index (χ4n) is 1.31. The number of carboxylic acids is 2. The van der Waals surface area contributed by atoms with E-state index in [-0.39, 0.29) is 25.2 Å². The van der Waals surface area contributed by atoms with Gasteiger partial charge in [0.05, 0.1) is 6.54 Å². The molecule has 4 N–H and O–H groups in total. The molecule has 0 saturated carbocycles. The van der Waals surface area contributed by atoms with Crippen molar-refractivity contribution < 1.29 is 29.1 Å². The summed E-state index contributed by atoms with van der Waals surface area (Å²) >= 11 is 0. The molecule has 1 heterocycles. The molecule has 0 spiro atoms. The van der Waals surface area contributed by atoms with E-state index in [2.05, 4.69) is 25.3 Å². The number of carboxylic acid groups (broad SMARTS) is 2. The fraction of sp³-hybridized carbons (Fsp3) is 0.500. The summed E-state index contributed by atoms with van der Waals surface area (Å²) in [5, 5.41) is 25.4. The molecule has 0 radical (unpaired) electrons. The Morgan fingerprint density at radius 2 is 2.05 bits per heavy atom. The number of urea groups is 1. The molecular weight excluding hydrogens is 272 g/mol. The third-order valence-corrected chi connectivity index (χ3v) is 2.23. The second-order valence-corrected chi connectivity index (χ2v) is 3.88. The Morgan fingerprint density at radius 3 is 2.55 bits per heavy atom. The molecule has 1 atom stereocenters. The maximum absolute atomic E-state index is 11.5. The minimum atomic E-state index is -1.31. The highest BCUT2D eigenvalue weighted by Crippen LogP contribution is 1.98. The molecule has 0 aliphatic carbocycles. The number of amides is 2. The number of aromatic nitrogens is 2. The highest BCUT2D eigenvalue weighted by Gasteiger charge is 2.20. The molecule has 0 unspecified atom stereocenters. The first-order valence-electron chi connectivity index (χ1n) is 5.66. The Labute approximate surface area is 113 Å². The Hall–Kier alpha value is -2.65. The van der Waals surface area contributed by atoms with Crippen LogP contribution < -0.4 is 10.6 Å². The monoisotopic (exact) mass is 286 g/mol. The second kappa shape index (κ2) is 7.07. The maximum Gasteiger partial charge on any atom is 0.326 e.